The first-order valence-electron chi connectivity index (χ1n) is 6.43. The maximum atomic E-state index is 2.36. The Morgan fingerprint density at radius 1 is 1.31 bits per heavy atom. The third-order valence-electron chi connectivity index (χ3n) is 3.55. The van der Waals surface area contributed by atoms with Crippen molar-refractivity contribution in [2.45, 2.75) is 39.5 Å². The van der Waals surface area contributed by atoms with E-state index in [1.165, 1.54) is 30.4 Å². The van der Waals surface area contributed by atoms with E-state index in [1.807, 2.05) is 0 Å². The molecule has 84 valence electrons. The summed E-state index contributed by atoms with van der Waals surface area (Å²) in [6.07, 6.45) is 9.74. The Balaban J connectivity index is 2.03. The Morgan fingerprint density at radius 2 is 2.12 bits per heavy atom. The van der Waals surface area contributed by atoms with Gasteiger partial charge in [-0.1, -0.05) is 19.8 Å². The second kappa shape index (κ2) is 5.25. The van der Waals surface area contributed by atoms with E-state index in [-0.39, 0.29) is 0 Å². The van der Waals surface area contributed by atoms with Crippen LogP contribution in [0, 0.1) is 12.3 Å². The molecule has 2 rings (SSSR count). The van der Waals surface area contributed by atoms with Gasteiger partial charge in [0.05, 0.1) is 12.0 Å². The quantitative estimate of drug-likeness (QED) is 0.644. The van der Waals surface area contributed by atoms with Crippen molar-refractivity contribution in [1.29, 1.82) is 0 Å². The van der Waals surface area contributed by atoms with Gasteiger partial charge in [-0.15, -0.1) is 0 Å². The second-order valence-electron chi connectivity index (χ2n) is 4.83. The summed E-state index contributed by atoms with van der Waals surface area (Å²) >= 11 is 0. The zero-order chi connectivity index (χ0) is 11.4. The minimum atomic E-state index is 0.740. The van der Waals surface area contributed by atoms with Crippen LogP contribution in [0.15, 0.2) is 35.9 Å². The lowest BCUT2D eigenvalue weighted by molar-refractivity contribution is 0.560. The van der Waals surface area contributed by atoms with Crippen molar-refractivity contribution >= 4 is 0 Å². The van der Waals surface area contributed by atoms with Gasteiger partial charge in [0.2, 0.25) is 0 Å². The van der Waals surface area contributed by atoms with Gasteiger partial charge >= 0.3 is 0 Å². The third-order valence-corrected chi connectivity index (χ3v) is 3.55. The molecule has 1 atom stereocenters. The molecule has 0 saturated carbocycles. The first-order chi connectivity index (χ1) is 7.81. The molecule has 1 unspecified atom stereocenters. The van der Waals surface area contributed by atoms with Crippen LogP contribution >= 0.6 is 0 Å². The molecule has 0 radical (unpaired) electrons. The molecule has 0 fully saturated rings. The molecule has 0 nitrogen and oxygen atoms in total. The molecular weight excluding hydrogens is 192 g/mol. The lowest BCUT2D eigenvalue weighted by Gasteiger charge is -2.15. The van der Waals surface area contributed by atoms with E-state index in [2.05, 4.69) is 50.6 Å². The minimum Gasteiger partial charge on any atom is -0.0654 e. The van der Waals surface area contributed by atoms with E-state index in [9.17, 15) is 0 Å². The molecule has 0 heteroatoms. The minimum absolute atomic E-state index is 0.740. The van der Waals surface area contributed by atoms with Crippen molar-refractivity contribution in [3.8, 4) is 0 Å². The number of fused-ring (bicyclic) bond motifs is 1. The molecule has 1 aromatic carbocycles. The van der Waals surface area contributed by atoms with Gasteiger partial charge in [0.15, 0.2) is 0 Å². The van der Waals surface area contributed by atoms with Crippen molar-refractivity contribution < 1.29 is 0 Å². The Kier molecular flexibility index (Phi) is 3.71. The molecule has 0 bridgehead atoms. The Hall–Kier alpha value is -1.17. The van der Waals surface area contributed by atoms with E-state index in [0.29, 0.717) is 0 Å². The molecule has 0 saturated heterocycles. The molecule has 1 aliphatic carbocycles. The van der Waals surface area contributed by atoms with Crippen molar-refractivity contribution in [2.75, 3.05) is 0 Å². The zero-order valence-electron chi connectivity index (χ0n) is 10.4. The van der Waals surface area contributed by atoms with Gasteiger partial charge in [-0.2, -0.15) is 0 Å². The van der Waals surface area contributed by atoms with Crippen LogP contribution in [0.3, 0.4) is 0 Å². The summed E-state index contributed by atoms with van der Waals surface area (Å²) in [7, 11) is 0. The summed E-state index contributed by atoms with van der Waals surface area (Å²) in [4.78, 5) is 0. The van der Waals surface area contributed by atoms with Gasteiger partial charge in [-0.25, -0.2) is 0 Å². The van der Waals surface area contributed by atoms with Gasteiger partial charge in [-0.05, 0) is 31.5 Å². The molecule has 0 heterocycles. The van der Waals surface area contributed by atoms with Crippen LogP contribution in [0.25, 0.3) is 0 Å². The van der Waals surface area contributed by atoms with Crippen LogP contribution < -0.4 is 0 Å². The van der Waals surface area contributed by atoms with Gasteiger partial charge in [0.1, 0.15) is 0 Å². The molecule has 0 aromatic heterocycles. The fraction of sp³-hybridized carbons (Fsp3) is 0.438. The van der Waals surface area contributed by atoms with E-state index < -0.39 is 0 Å². The summed E-state index contributed by atoms with van der Waals surface area (Å²) in [6, 6.07) is 8.73. The average molecular weight is 213 g/mol. The molecule has 1 aromatic rings. The van der Waals surface area contributed by atoms with E-state index in [4.69, 9.17) is 0 Å². The smallest absolute Gasteiger partial charge is 0.0654 e. The Bertz CT molecular complexity index is 373. The number of benzene rings is 1. The summed E-state index contributed by atoms with van der Waals surface area (Å²) in [5.41, 5.74) is 4.49. The fourth-order valence-corrected chi connectivity index (χ4v) is 2.37. The maximum absolute atomic E-state index is 2.36. The summed E-state index contributed by atoms with van der Waals surface area (Å²) < 4.78 is 0. The number of unbranched alkanes of at least 4 members (excludes halogenated alkanes) is 1. The molecule has 16 heavy (non-hydrogen) atoms. The van der Waals surface area contributed by atoms with E-state index >= 15 is 0 Å². The van der Waals surface area contributed by atoms with Gasteiger partial charge in [0.25, 0.3) is 0 Å². The number of hydrogen-bond donors (Lipinski definition) is 0. The second-order valence-corrected chi connectivity index (χ2v) is 4.83. The maximum Gasteiger partial charge on any atom is 0.0994 e. The highest BCUT2D eigenvalue weighted by Gasteiger charge is 2.21. The highest BCUT2D eigenvalue weighted by atomic mass is 14.2. The lowest BCUT2D eigenvalue weighted by atomic mass is 9.84. The van der Waals surface area contributed by atoms with Gasteiger partial charge in [0, 0.05) is 35.6 Å². The molecule has 1 aliphatic rings. The largest absolute Gasteiger partial charge is 0.0994 e. The topological polar surface area (TPSA) is 0 Å². The summed E-state index contributed by atoms with van der Waals surface area (Å²) in [5, 5.41) is 0. The van der Waals surface area contributed by atoms with Gasteiger partial charge in [-0.3, -0.25) is 0 Å². The summed E-state index contributed by atoms with van der Waals surface area (Å²) in [5.74, 6) is 0.740. The van der Waals surface area contributed by atoms with Crippen LogP contribution in [0.4, 0.5) is 0 Å². The van der Waals surface area contributed by atoms with Gasteiger partial charge < -0.3 is 0 Å². The molecule has 0 amide bonds. The van der Waals surface area contributed by atoms with Crippen molar-refractivity contribution in [3.05, 3.63) is 53.5 Å². The molecule has 0 N–H and O–H groups in total. The van der Waals surface area contributed by atoms with Crippen LogP contribution in [0.1, 0.15) is 44.2 Å². The number of allylic oxidation sites excluding steroid dienone is 2. The van der Waals surface area contributed by atoms with Crippen molar-refractivity contribution in [3.63, 3.8) is 0 Å². The first kappa shape index (κ1) is 11.3. The standard InChI is InChI=1S/C16H21/c1-3-4-7-13(2)15-11-10-14-8-5-6-9-16(14)12-15/h5-6,8-11,13H,3-4,7,12H2,1-2H3/q+1. The molecular formula is C16H21+. The summed E-state index contributed by atoms with van der Waals surface area (Å²) in [6.45, 7) is 4.63. The van der Waals surface area contributed by atoms with E-state index in [0.717, 1.165) is 12.3 Å². The Labute approximate surface area is 99.4 Å². The average Bonchev–Trinajstić information content (AvgIpc) is 2.35. The SMILES string of the molecule is CCCCC(C)C1=C[CH+]c2ccccc2C1. The highest BCUT2D eigenvalue weighted by molar-refractivity contribution is 5.44. The monoisotopic (exact) mass is 213 g/mol. The Morgan fingerprint density at radius 3 is 2.94 bits per heavy atom. The van der Waals surface area contributed by atoms with Crippen molar-refractivity contribution in [1.82, 2.24) is 0 Å². The zero-order valence-corrected chi connectivity index (χ0v) is 10.4. The predicted molar refractivity (Wildman–Crippen MR) is 70.3 cm³/mol. The van der Waals surface area contributed by atoms with Crippen LogP contribution in [-0.4, -0.2) is 0 Å². The number of rotatable bonds is 4. The van der Waals surface area contributed by atoms with Crippen molar-refractivity contribution in [2.24, 2.45) is 5.92 Å². The van der Waals surface area contributed by atoms with Crippen LogP contribution in [0.5, 0.6) is 0 Å². The third kappa shape index (κ3) is 2.49. The van der Waals surface area contributed by atoms with Crippen LogP contribution in [0.2, 0.25) is 0 Å². The molecule has 0 spiro atoms. The fourth-order valence-electron chi connectivity index (χ4n) is 2.37. The predicted octanol–water partition coefficient (Wildman–Crippen LogP) is 4.55. The molecule has 0 aliphatic heterocycles. The lowest BCUT2D eigenvalue weighted by Crippen LogP contribution is -2.08. The number of hydrogen-bond acceptors (Lipinski definition) is 0. The first-order valence-corrected chi connectivity index (χ1v) is 6.43. The van der Waals surface area contributed by atoms with Crippen LogP contribution in [-0.2, 0) is 6.42 Å². The van der Waals surface area contributed by atoms with E-state index in [1.54, 1.807) is 5.57 Å². The normalized spacial score (nSPS) is 16.0. The highest BCUT2D eigenvalue weighted by Crippen LogP contribution is 2.28.